The molecule has 2 rings (SSSR count). The first-order chi connectivity index (χ1) is 10.1. The number of aliphatic carboxylic acids is 1. The van der Waals surface area contributed by atoms with Crippen LogP contribution in [0.15, 0.2) is 16.8 Å². The van der Waals surface area contributed by atoms with Crippen LogP contribution in [0.4, 0.5) is 0 Å². The van der Waals surface area contributed by atoms with Crippen molar-refractivity contribution in [2.24, 2.45) is 11.8 Å². The van der Waals surface area contributed by atoms with Gasteiger partial charge >= 0.3 is 5.97 Å². The first kappa shape index (κ1) is 16.0. The number of rotatable bonds is 7. The molecule has 0 unspecified atom stereocenters. The largest absolute Gasteiger partial charge is 0.481 e. The lowest BCUT2D eigenvalue weighted by Gasteiger charge is -2.25. The molecule has 0 aromatic carbocycles. The minimum Gasteiger partial charge on any atom is -0.481 e. The number of carboxylic acid groups (broad SMARTS) is 1. The zero-order chi connectivity index (χ0) is 15.2. The highest BCUT2D eigenvalue weighted by Gasteiger charge is 2.35. The van der Waals surface area contributed by atoms with E-state index in [-0.39, 0.29) is 17.7 Å². The maximum absolute atomic E-state index is 12.6. The Balaban J connectivity index is 1.98. The van der Waals surface area contributed by atoms with Gasteiger partial charge in [-0.2, -0.15) is 11.3 Å². The van der Waals surface area contributed by atoms with Crippen LogP contribution in [0, 0.1) is 11.8 Å². The Labute approximate surface area is 128 Å². The molecule has 1 N–H and O–H groups in total. The zero-order valence-corrected chi connectivity index (χ0v) is 13.0. The van der Waals surface area contributed by atoms with Crippen molar-refractivity contribution in [3.05, 3.63) is 22.4 Å². The molecular weight excluding hydrogens is 290 g/mol. The summed E-state index contributed by atoms with van der Waals surface area (Å²) in [5.41, 5.74) is 1.11. The van der Waals surface area contributed by atoms with E-state index in [1.807, 2.05) is 16.8 Å². The number of ether oxygens (including phenoxy) is 1. The number of carboxylic acids is 1. The fourth-order valence-electron chi connectivity index (χ4n) is 2.76. The highest BCUT2D eigenvalue weighted by Crippen LogP contribution is 2.32. The molecule has 1 fully saturated rings. The maximum atomic E-state index is 12.6. The third kappa shape index (κ3) is 4.28. The normalized spacial score (nSPS) is 21.4. The van der Waals surface area contributed by atoms with E-state index in [0.717, 1.165) is 5.56 Å². The van der Waals surface area contributed by atoms with Crippen molar-refractivity contribution in [2.45, 2.75) is 25.8 Å². The minimum atomic E-state index is -0.786. The summed E-state index contributed by atoms with van der Waals surface area (Å²) in [4.78, 5) is 25.4. The average molecular weight is 311 g/mol. The van der Waals surface area contributed by atoms with Crippen LogP contribution in [-0.2, 0) is 20.9 Å². The highest BCUT2D eigenvalue weighted by molar-refractivity contribution is 7.07. The van der Waals surface area contributed by atoms with Gasteiger partial charge in [-0.3, -0.25) is 9.59 Å². The summed E-state index contributed by atoms with van der Waals surface area (Å²) in [5.74, 6) is -1.26. The monoisotopic (exact) mass is 311 g/mol. The van der Waals surface area contributed by atoms with Gasteiger partial charge in [0.2, 0.25) is 5.91 Å². The van der Waals surface area contributed by atoms with Crippen LogP contribution in [0.3, 0.4) is 0 Å². The van der Waals surface area contributed by atoms with Crippen molar-refractivity contribution >= 4 is 23.2 Å². The molecule has 1 amide bonds. The molecule has 1 aliphatic carbocycles. The quantitative estimate of drug-likeness (QED) is 0.838. The van der Waals surface area contributed by atoms with Gasteiger partial charge in [0, 0.05) is 26.1 Å². The molecule has 1 saturated carbocycles. The number of carbonyl (C=O) groups excluding carboxylic acids is 1. The fraction of sp³-hybridized carbons (Fsp3) is 0.600. The molecular formula is C15H21NO4S. The van der Waals surface area contributed by atoms with E-state index in [9.17, 15) is 9.59 Å². The fourth-order valence-corrected chi connectivity index (χ4v) is 3.42. The summed E-state index contributed by atoms with van der Waals surface area (Å²) < 4.78 is 5.08. The van der Waals surface area contributed by atoms with Crippen molar-refractivity contribution in [3.63, 3.8) is 0 Å². The second-order valence-corrected chi connectivity index (χ2v) is 6.21. The Kier molecular flexibility index (Phi) is 5.76. The summed E-state index contributed by atoms with van der Waals surface area (Å²) >= 11 is 1.61. The summed E-state index contributed by atoms with van der Waals surface area (Å²) in [7, 11) is 1.61. The molecule has 0 saturated heterocycles. The van der Waals surface area contributed by atoms with Gasteiger partial charge in [-0.05, 0) is 41.7 Å². The first-order valence-corrected chi connectivity index (χ1v) is 8.07. The molecule has 2 atom stereocenters. The summed E-state index contributed by atoms with van der Waals surface area (Å²) in [5, 5.41) is 13.1. The van der Waals surface area contributed by atoms with Crippen LogP contribution in [0.1, 0.15) is 24.8 Å². The third-order valence-corrected chi connectivity index (χ3v) is 4.69. The van der Waals surface area contributed by atoms with Crippen LogP contribution < -0.4 is 0 Å². The predicted molar refractivity (Wildman–Crippen MR) is 80.1 cm³/mol. The number of amides is 1. The second kappa shape index (κ2) is 7.56. The molecule has 21 heavy (non-hydrogen) atoms. The maximum Gasteiger partial charge on any atom is 0.306 e. The minimum absolute atomic E-state index is 0.0574. The Morgan fingerprint density at radius 1 is 1.43 bits per heavy atom. The molecule has 0 bridgehead atoms. The molecule has 0 aliphatic heterocycles. The van der Waals surface area contributed by atoms with E-state index in [1.165, 1.54) is 0 Å². The van der Waals surface area contributed by atoms with Crippen LogP contribution in [0.25, 0.3) is 0 Å². The van der Waals surface area contributed by atoms with Crippen molar-refractivity contribution in [1.82, 2.24) is 4.90 Å². The molecule has 116 valence electrons. The van der Waals surface area contributed by atoms with E-state index in [2.05, 4.69) is 0 Å². The van der Waals surface area contributed by atoms with E-state index in [0.29, 0.717) is 39.0 Å². The van der Waals surface area contributed by atoms with Gasteiger partial charge in [0.1, 0.15) is 0 Å². The lowest BCUT2D eigenvalue weighted by molar-refractivity contribution is -0.141. The van der Waals surface area contributed by atoms with Crippen molar-refractivity contribution < 1.29 is 19.4 Å². The Hall–Kier alpha value is -1.40. The van der Waals surface area contributed by atoms with Crippen molar-refractivity contribution in [3.8, 4) is 0 Å². The Morgan fingerprint density at radius 3 is 2.76 bits per heavy atom. The lowest BCUT2D eigenvalue weighted by Crippen LogP contribution is -2.37. The molecule has 6 heteroatoms. The molecule has 5 nitrogen and oxygen atoms in total. The standard InChI is InChI=1S/C15H21NO4S/c1-20-6-5-16(9-11-4-7-21-10-11)14(17)12-2-3-13(8-12)15(18)19/h4,7,10,12-13H,2-3,5-6,8-9H2,1H3,(H,18,19)/t12-,13+/m0/s1. The van der Waals surface area contributed by atoms with Crippen LogP contribution in [0.2, 0.25) is 0 Å². The number of hydrogen-bond donors (Lipinski definition) is 1. The lowest BCUT2D eigenvalue weighted by atomic mass is 10.0. The molecule has 1 heterocycles. The van der Waals surface area contributed by atoms with Crippen LogP contribution in [-0.4, -0.2) is 42.1 Å². The van der Waals surface area contributed by atoms with E-state index in [1.54, 1.807) is 23.3 Å². The smallest absolute Gasteiger partial charge is 0.306 e. The van der Waals surface area contributed by atoms with Crippen LogP contribution in [0.5, 0.6) is 0 Å². The summed E-state index contributed by atoms with van der Waals surface area (Å²) in [6.07, 6.45) is 1.73. The molecule has 1 aromatic heterocycles. The zero-order valence-electron chi connectivity index (χ0n) is 12.2. The summed E-state index contributed by atoms with van der Waals surface area (Å²) in [6, 6.07) is 2.01. The van der Waals surface area contributed by atoms with Crippen LogP contribution >= 0.6 is 11.3 Å². The SMILES string of the molecule is COCCN(Cc1ccsc1)C(=O)[C@H]1CC[C@@H](C(=O)O)C1. The van der Waals surface area contributed by atoms with Gasteiger partial charge in [0.05, 0.1) is 12.5 Å². The average Bonchev–Trinajstić information content (AvgIpc) is 3.13. The first-order valence-electron chi connectivity index (χ1n) is 7.13. The van der Waals surface area contributed by atoms with Gasteiger partial charge in [0.15, 0.2) is 0 Å². The molecule has 0 spiro atoms. The predicted octanol–water partition coefficient (Wildman–Crippen LogP) is 2.22. The van der Waals surface area contributed by atoms with E-state index in [4.69, 9.17) is 9.84 Å². The van der Waals surface area contributed by atoms with Gasteiger partial charge in [-0.25, -0.2) is 0 Å². The van der Waals surface area contributed by atoms with Gasteiger partial charge in [0.25, 0.3) is 0 Å². The number of carbonyl (C=O) groups is 2. The van der Waals surface area contributed by atoms with E-state index < -0.39 is 5.97 Å². The topological polar surface area (TPSA) is 66.8 Å². The second-order valence-electron chi connectivity index (χ2n) is 5.43. The Morgan fingerprint density at radius 2 is 2.19 bits per heavy atom. The third-order valence-electron chi connectivity index (χ3n) is 3.96. The molecule has 0 radical (unpaired) electrons. The summed E-state index contributed by atoms with van der Waals surface area (Å²) in [6.45, 7) is 1.60. The number of nitrogens with zero attached hydrogens (tertiary/aromatic N) is 1. The highest BCUT2D eigenvalue weighted by atomic mass is 32.1. The Bertz CT molecular complexity index is 474. The molecule has 1 aromatic rings. The number of thiophene rings is 1. The van der Waals surface area contributed by atoms with Gasteiger partial charge in [-0.15, -0.1) is 0 Å². The van der Waals surface area contributed by atoms with Crippen molar-refractivity contribution in [2.75, 3.05) is 20.3 Å². The molecule has 1 aliphatic rings. The number of hydrogen-bond acceptors (Lipinski definition) is 4. The van der Waals surface area contributed by atoms with Gasteiger partial charge in [-0.1, -0.05) is 0 Å². The van der Waals surface area contributed by atoms with Crippen molar-refractivity contribution in [1.29, 1.82) is 0 Å². The van der Waals surface area contributed by atoms with E-state index >= 15 is 0 Å². The van der Waals surface area contributed by atoms with Gasteiger partial charge < -0.3 is 14.7 Å². The number of methoxy groups -OCH3 is 1.